The summed E-state index contributed by atoms with van der Waals surface area (Å²) >= 11 is 0. The summed E-state index contributed by atoms with van der Waals surface area (Å²) in [5.74, 6) is 1.28. The van der Waals surface area contributed by atoms with Crippen molar-refractivity contribution < 1.29 is 14.7 Å². The Kier molecular flexibility index (Phi) is 6.67. The van der Waals surface area contributed by atoms with Crippen molar-refractivity contribution in [2.45, 2.75) is 13.5 Å². The normalized spacial score (nSPS) is 10.0. The number of aryl methyl sites for hydroxylation is 1. The van der Waals surface area contributed by atoms with Crippen LogP contribution >= 0.6 is 0 Å². The molecule has 0 bridgehead atoms. The van der Waals surface area contributed by atoms with Gasteiger partial charge >= 0.3 is 0 Å². The summed E-state index contributed by atoms with van der Waals surface area (Å²) in [4.78, 5) is 29.7. The van der Waals surface area contributed by atoms with E-state index in [1.165, 1.54) is 6.33 Å². The fourth-order valence-corrected chi connectivity index (χ4v) is 2.95. The molecule has 0 radical (unpaired) electrons. The lowest BCUT2D eigenvalue weighted by Crippen LogP contribution is -2.15. The molecule has 0 aliphatic carbocycles. The van der Waals surface area contributed by atoms with Gasteiger partial charge in [-0.05, 0) is 24.6 Å². The van der Waals surface area contributed by atoms with E-state index in [0.717, 1.165) is 17.1 Å². The molecular formula is C21H20N6O3. The number of aromatic nitrogens is 5. The number of hydrogen-bond acceptors (Lipinski definition) is 5. The first-order valence-electron chi connectivity index (χ1n) is 9.03. The maximum Gasteiger partial charge on any atom is 0.290 e. The quantitative estimate of drug-likeness (QED) is 0.439. The average molecular weight is 404 g/mol. The van der Waals surface area contributed by atoms with Gasteiger partial charge in [0.1, 0.15) is 12.2 Å². The van der Waals surface area contributed by atoms with Crippen LogP contribution in [0.25, 0.3) is 11.4 Å². The van der Waals surface area contributed by atoms with Crippen LogP contribution in [0.15, 0.2) is 67.3 Å². The van der Waals surface area contributed by atoms with E-state index < -0.39 is 0 Å². The maximum absolute atomic E-state index is 13.0. The van der Waals surface area contributed by atoms with E-state index in [4.69, 9.17) is 9.90 Å². The molecule has 0 aliphatic heterocycles. The standard InChI is InChI=1S/C20H18N6O.CH2O2/c1-14-21-10-11-26(14)12-15-6-2-5-9-18(15)24-20(27)17-8-4-3-7-16(17)19-22-13-23-25-19;2-1-3/h2-11,13H,12H2,1H3,(H,24,27)(H,22,23,25);1H,(H,2,3). The number of carbonyl (C=O) groups is 2. The summed E-state index contributed by atoms with van der Waals surface area (Å²) < 4.78 is 2.04. The first-order chi connectivity index (χ1) is 14.6. The SMILES string of the molecule is Cc1nccn1Cc1ccccc1NC(=O)c1ccccc1-c1ncn[nH]1.O=CO. The smallest absolute Gasteiger partial charge is 0.290 e. The van der Waals surface area contributed by atoms with Crippen molar-refractivity contribution >= 4 is 18.1 Å². The van der Waals surface area contributed by atoms with E-state index in [-0.39, 0.29) is 12.4 Å². The lowest BCUT2D eigenvalue weighted by Gasteiger charge is -2.13. The van der Waals surface area contributed by atoms with Crippen molar-refractivity contribution in [1.82, 2.24) is 24.7 Å². The first-order valence-corrected chi connectivity index (χ1v) is 9.03. The van der Waals surface area contributed by atoms with Gasteiger partial charge in [0.05, 0.1) is 12.1 Å². The largest absolute Gasteiger partial charge is 0.483 e. The Balaban J connectivity index is 0.000000806. The molecule has 4 rings (SSSR count). The van der Waals surface area contributed by atoms with E-state index in [2.05, 4.69) is 25.5 Å². The number of nitrogens with zero attached hydrogens (tertiary/aromatic N) is 4. The second-order valence-corrected chi connectivity index (χ2v) is 6.20. The third-order valence-electron chi connectivity index (χ3n) is 4.37. The molecule has 30 heavy (non-hydrogen) atoms. The van der Waals surface area contributed by atoms with Crippen molar-refractivity contribution in [2.24, 2.45) is 0 Å². The van der Waals surface area contributed by atoms with Gasteiger partial charge in [0.2, 0.25) is 0 Å². The van der Waals surface area contributed by atoms with E-state index in [1.54, 1.807) is 12.3 Å². The second kappa shape index (κ2) is 9.78. The summed E-state index contributed by atoms with van der Waals surface area (Å²) in [6.45, 7) is 2.33. The fourth-order valence-electron chi connectivity index (χ4n) is 2.95. The molecule has 0 spiro atoms. The van der Waals surface area contributed by atoms with Crippen molar-refractivity contribution in [1.29, 1.82) is 0 Å². The predicted octanol–water partition coefficient (Wildman–Crippen LogP) is 2.98. The number of imidazole rings is 1. The number of hydrogen-bond donors (Lipinski definition) is 3. The second-order valence-electron chi connectivity index (χ2n) is 6.20. The Morgan fingerprint density at radius 1 is 1.17 bits per heavy atom. The van der Waals surface area contributed by atoms with Gasteiger partial charge in [0.15, 0.2) is 5.82 Å². The van der Waals surface area contributed by atoms with Gasteiger partial charge in [-0.15, -0.1) is 0 Å². The lowest BCUT2D eigenvalue weighted by atomic mass is 10.1. The number of H-pyrrole nitrogens is 1. The highest BCUT2D eigenvalue weighted by Gasteiger charge is 2.15. The number of amides is 1. The van der Waals surface area contributed by atoms with Gasteiger partial charge in [0, 0.05) is 23.6 Å². The minimum atomic E-state index is -0.250. The molecule has 0 aliphatic rings. The van der Waals surface area contributed by atoms with Crippen LogP contribution in [-0.4, -0.2) is 42.2 Å². The summed E-state index contributed by atoms with van der Waals surface area (Å²) in [7, 11) is 0. The minimum Gasteiger partial charge on any atom is -0.483 e. The number of carboxylic acid groups (broad SMARTS) is 1. The highest BCUT2D eigenvalue weighted by molar-refractivity contribution is 6.08. The van der Waals surface area contributed by atoms with Crippen LogP contribution in [0.4, 0.5) is 5.69 Å². The predicted molar refractivity (Wildman–Crippen MR) is 111 cm³/mol. The molecule has 2 heterocycles. The van der Waals surface area contributed by atoms with E-state index in [9.17, 15) is 4.79 Å². The van der Waals surface area contributed by atoms with Gasteiger partial charge in [-0.2, -0.15) is 5.10 Å². The number of carbonyl (C=O) groups excluding carboxylic acids is 1. The third kappa shape index (κ3) is 4.76. The summed E-state index contributed by atoms with van der Waals surface area (Å²) in [5, 5.41) is 16.6. The molecule has 0 unspecified atom stereocenters. The molecule has 2 aromatic heterocycles. The van der Waals surface area contributed by atoms with Crippen LogP contribution in [0.1, 0.15) is 21.7 Å². The van der Waals surface area contributed by atoms with Gasteiger partial charge in [-0.3, -0.25) is 14.7 Å². The number of aromatic amines is 1. The zero-order chi connectivity index (χ0) is 21.3. The van der Waals surface area contributed by atoms with Gasteiger partial charge in [0.25, 0.3) is 12.4 Å². The Bertz CT molecular complexity index is 1120. The number of anilines is 1. The van der Waals surface area contributed by atoms with Crippen LogP contribution < -0.4 is 5.32 Å². The van der Waals surface area contributed by atoms with E-state index in [1.807, 2.05) is 60.2 Å². The molecule has 152 valence electrons. The average Bonchev–Trinajstić information content (AvgIpc) is 3.42. The zero-order valence-electron chi connectivity index (χ0n) is 16.2. The molecule has 2 aromatic carbocycles. The summed E-state index contributed by atoms with van der Waals surface area (Å²) in [6, 6.07) is 15.1. The van der Waals surface area contributed by atoms with Crippen LogP contribution in [0.5, 0.6) is 0 Å². The number of rotatable bonds is 5. The Labute approximate surface area is 172 Å². The molecule has 0 saturated carbocycles. The highest BCUT2D eigenvalue weighted by Crippen LogP contribution is 2.23. The van der Waals surface area contributed by atoms with Crippen LogP contribution in [-0.2, 0) is 11.3 Å². The van der Waals surface area contributed by atoms with Gasteiger partial charge in [-0.25, -0.2) is 9.97 Å². The molecule has 0 atom stereocenters. The highest BCUT2D eigenvalue weighted by atomic mass is 16.3. The number of nitrogens with one attached hydrogen (secondary N) is 2. The van der Waals surface area contributed by atoms with Crippen molar-refractivity contribution in [2.75, 3.05) is 5.32 Å². The Hall–Kier alpha value is -4.27. The molecular weight excluding hydrogens is 384 g/mol. The fraction of sp³-hybridized carbons (Fsp3) is 0.0952. The van der Waals surface area contributed by atoms with Crippen molar-refractivity contribution in [3.8, 4) is 11.4 Å². The Morgan fingerprint density at radius 3 is 2.60 bits per heavy atom. The molecule has 9 nitrogen and oxygen atoms in total. The van der Waals surface area contributed by atoms with Crippen LogP contribution in [0.2, 0.25) is 0 Å². The van der Waals surface area contributed by atoms with E-state index >= 15 is 0 Å². The number of benzene rings is 2. The molecule has 9 heteroatoms. The van der Waals surface area contributed by atoms with Crippen molar-refractivity contribution in [3.63, 3.8) is 0 Å². The minimum absolute atomic E-state index is 0.197. The molecule has 1 amide bonds. The topological polar surface area (TPSA) is 126 Å². The number of para-hydroxylation sites is 1. The van der Waals surface area contributed by atoms with Crippen LogP contribution in [0.3, 0.4) is 0 Å². The van der Waals surface area contributed by atoms with E-state index in [0.29, 0.717) is 23.5 Å². The summed E-state index contributed by atoms with van der Waals surface area (Å²) in [5.41, 5.74) is 3.00. The lowest BCUT2D eigenvalue weighted by molar-refractivity contribution is -0.122. The molecule has 0 saturated heterocycles. The van der Waals surface area contributed by atoms with Gasteiger partial charge < -0.3 is 15.0 Å². The molecule has 4 aromatic rings. The van der Waals surface area contributed by atoms with Crippen LogP contribution in [0, 0.1) is 6.92 Å². The first kappa shape index (κ1) is 20.5. The monoisotopic (exact) mass is 404 g/mol. The molecule has 3 N–H and O–H groups in total. The maximum atomic E-state index is 13.0. The Morgan fingerprint density at radius 2 is 1.90 bits per heavy atom. The zero-order valence-corrected chi connectivity index (χ0v) is 16.2. The van der Waals surface area contributed by atoms with Crippen molar-refractivity contribution in [3.05, 3.63) is 84.2 Å². The third-order valence-corrected chi connectivity index (χ3v) is 4.37. The van der Waals surface area contributed by atoms with Gasteiger partial charge in [-0.1, -0.05) is 36.4 Å². The molecule has 0 fully saturated rings. The summed E-state index contributed by atoms with van der Waals surface area (Å²) in [6.07, 6.45) is 5.12.